The molecule has 0 radical (unpaired) electrons. The number of aromatic amines is 1. The monoisotopic (exact) mass is 523 g/mol. The molecule has 0 spiro atoms. The van der Waals surface area contributed by atoms with E-state index in [1.54, 1.807) is 6.07 Å². The lowest BCUT2D eigenvalue weighted by Crippen LogP contribution is -2.37. The van der Waals surface area contributed by atoms with Gasteiger partial charge in [0, 0.05) is 7.05 Å². The van der Waals surface area contributed by atoms with Crippen molar-refractivity contribution >= 4 is 23.5 Å². The molecule has 21 heteroatoms. The van der Waals surface area contributed by atoms with Crippen molar-refractivity contribution in [3.8, 4) is 6.07 Å². The maximum atomic E-state index is 12.1. The van der Waals surface area contributed by atoms with Crippen molar-refractivity contribution in [3.05, 3.63) is 32.1 Å². The van der Waals surface area contributed by atoms with Crippen molar-refractivity contribution in [1.29, 1.82) is 5.26 Å². The predicted octanol–water partition coefficient (Wildman–Crippen LogP) is -2.55. The molecule has 2 unspecified atom stereocenters. The van der Waals surface area contributed by atoms with Gasteiger partial charge in [0.2, 0.25) is 0 Å². The number of nitrogens with one attached hydrogen (secondary N) is 1. The van der Waals surface area contributed by atoms with Gasteiger partial charge >= 0.3 is 29.2 Å². The van der Waals surface area contributed by atoms with Gasteiger partial charge in [0.1, 0.15) is 36.2 Å². The molecule has 7 N–H and O–H groups in total. The van der Waals surface area contributed by atoms with Gasteiger partial charge in [-0.15, -0.1) is 0 Å². The molecule has 0 aromatic carbocycles. The first-order valence-corrected chi connectivity index (χ1v) is 12.5. The fourth-order valence-electron chi connectivity index (χ4n) is 2.63. The third kappa shape index (κ3) is 6.28. The normalized spacial score (nSPS) is 27.4. The van der Waals surface area contributed by atoms with E-state index in [2.05, 4.69) is 13.1 Å². The van der Waals surface area contributed by atoms with E-state index in [0.29, 0.717) is 0 Å². The number of rotatable bonds is 8. The Morgan fingerprint density at radius 2 is 1.69 bits per heavy atom. The molecule has 0 amide bonds. The van der Waals surface area contributed by atoms with E-state index < -0.39 is 77.0 Å². The zero-order chi connectivity index (χ0) is 24.6. The van der Waals surface area contributed by atoms with Crippen molar-refractivity contribution in [2.45, 2.75) is 24.4 Å². The highest BCUT2D eigenvalue weighted by Gasteiger charge is 2.48. The van der Waals surface area contributed by atoms with Crippen LogP contribution in [0, 0.1) is 11.3 Å². The number of phosphoric ester groups is 1. The average molecular weight is 523 g/mol. The largest absolute Gasteiger partial charge is 0.490 e. The van der Waals surface area contributed by atoms with Gasteiger partial charge in [0.25, 0.3) is 5.56 Å². The Hall–Kier alpha value is -1.54. The van der Waals surface area contributed by atoms with Crippen LogP contribution in [0.3, 0.4) is 0 Å². The standard InChI is InChI=1S/C11H16N3O15P3/c1-14-4(2-12)6(10(17)13-11(14)18)9-8(16)7(15)5(27-9)3-26-31(22,23)29-32(24,25)28-30(19,20)21/h5,7-9,15-16H,3H2,1H3,(H,22,23)(H,24,25)(H,13,17,18)(H2,19,20,21)/t5-,7-,8-,9+/m1/s1. The summed E-state index contributed by atoms with van der Waals surface area (Å²) >= 11 is 0. The van der Waals surface area contributed by atoms with Crippen LogP contribution >= 0.6 is 23.5 Å². The Labute approximate surface area is 176 Å². The molecule has 180 valence electrons. The predicted molar refractivity (Wildman–Crippen MR) is 96.5 cm³/mol. The first kappa shape index (κ1) is 26.7. The summed E-state index contributed by atoms with van der Waals surface area (Å²) in [4.78, 5) is 61.1. The van der Waals surface area contributed by atoms with Crippen LogP contribution < -0.4 is 11.2 Å². The van der Waals surface area contributed by atoms with Crippen molar-refractivity contribution in [2.75, 3.05) is 6.61 Å². The van der Waals surface area contributed by atoms with Crippen LogP contribution in [0.4, 0.5) is 0 Å². The summed E-state index contributed by atoms with van der Waals surface area (Å²) in [5.41, 5.74) is -3.12. The van der Waals surface area contributed by atoms with Crippen LogP contribution in [0.5, 0.6) is 0 Å². The van der Waals surface area contributed by atoms with Gasteiger partial charge in [0.15, 0.2) is 0 Å². The molecule has 1 aromatic rings. The second kappa shape index (κ2) is 9.37. The Bertz CT molecular complexity index is 1180. The third-order valence-electron chi connectivity index (χ3n) is 3.93. The summed E-state index contributed by atoms with van der Waals surface area (Å²) in [6, 6.07) is 1.57. The molecule has 1 saturated heterocycles. The molecule has 1 aromatic heterocycles. The molecule has 6 atom stereocenters. The van der Waals surface area contributed by atoms with Crippen molar-refractivity contribution in [2.24, 2.45) is 7.05 Å². The van der Waals surface area contributed by atoms with E-state index in [9.17, 15) is 43.7 Å². The quantitative estimate of drug-likeness (QED) is 0.173. The van der Waals surface area contributed by atoms with E-state index >= 15 is 0 Å². The Morgan fingerprint density at radius 3 is 2.22 bits per heavy atom. The number of nitrogens with zero attached hydrogens (tertiary/aromatic N) is 2. The molecular formula is C11H16N3O15P3. The molecule has 32 heavy (non-hydrogen) atoms. The highest BCUT2D eigenvalue weighted by Crippen LogP contribution is 2.66. The molecule has 0 saturated carbocycles. The fraction of sp³-hybridized carbons (Fsp3) is 0.545. The first-order valence-electron chi connectivity index (χ1n) is 8.01. The van der Waals surface area contributed by atoms with Gasteiger partial charge in [-0.3, -0.25) is 18.9 Å². The Kier molecular flexibility index (Phi) is 7.82. The minimum absolute atomic E-state index is 0.511. The van der Waals surface area contributed by atoms with Crippen LogP contribution in [-0.4, -0.2) is 64.3 Å². The number of phosphoric acid groups is 3. The molecule has 1 fully saturated rings. The molecule has 1 aliphatic heterocycles. The Balaban J connectivity index is 2.20. The lowest BCUT2D eigenvalue weighted by Gasteiger charge is -2.19. The van der Waals surface area contributed by atoms with Gasteiger partial charge in [-0.1, -0.05) is 0 Å². The lowest BCUT2D eigenvalue weighted by atomic mass is 10.0. The van der Waals surface area contributed by atoms with E-state index in [1.807, 2.05) is 4.98 Å². The minimum Gasteiger partial charge on any atom is -0.387 e. The SMILES string of the molecule is Cn1c(C#N)c([C@@H]2O[C@H](COP(=O)(O)OP(=O)(O)OP(=O)(O)O)[C@@H](O)[C@H]2O)c(=O)[nH]c1=O. The molecule has 0 aliphatic carbocycles. The second-order valence-corrected chi connectivity index (χ2v) is 10.6. The Morgan fingerprint density at radius 1 is 1.09 bits per heavy atom. The van der Waals surface area contributed by atoms with Gasteiger partial charge < -0.3 is 34.5 Å². The molecule has 0 bridgehead atoms. The van der Waals surface area contributed by atoms with E-state index in [0.717, 1.165) is 11.6 Å². The number of aliphatic hydroxyl groups excluding tert-OH is 2. The topological polar surface area (TPSA) is 288 Å². The summed E-state index contributed by atoms with van der Waals surface area (Å²) in [6.45, 7) is -1.12. The summed E-state index contributed by atoms with van der Waals surface area (Å²) in [6.07, 6.45) is -7.17. The minimum atomic E-state index is -5.78. The van der Waals surface area contributed by atoms with Crippen LogP contribution in [-0.2, 0) is 38.6 Å². The van der Waals surface area contributed by atoms with Crippen molar-refractivity contribution < 1.29 is 61.4 Å². The zero-order valence-corrected chi connectivity index (χ0v) is 18.3. The lowest BCUT2D eigenvalue weighted by molar-refractivity contribution is -0.0229. The first-order chi connectivity index (χ1) is 14.5. The van der Waals surface area contributed by atoms with Crippen LogP contribution in [0.25, 0.3) is 0 Å². The van der Waals surface area contributed by atoms with Crippen molar-refractivity contribution in [3.63, 3.8) is 0 Å². The highest BCUT2D eigenvalue weighted by molar-refractivity contribution is 7.66. The molecule has 1 aliphatic rings. The number of aliphatic hydroxyl groups is 2. The highest BCUT2D eigenvalue weighted by atomic mass is 31.3. The van der Waals surface area contributed by atoms with Gasteiger partial charge in [-0.25, -0.2) is 18.5 Å². The molecule has 2 rings (SSSR count). The van der Waals surface area contributed by atoms with Gasteiger partial charge in [-0.2, -0.15) is 13.9 Å². The molecule has 2 heterocycles. The van der Waals surface area contributed by atoms with E-state index in [-0.39, 0.29) is 0 Å². The number of hydrogen-bond acceptors (Lipinski definition) is 12. The number of H-pyrrole nitrogens is 1. The van der Waals surface area contributed by atoms with Crippen LogP contribution in [0.2, 0.25) is 0 Å². The summed E-state index contributed by atoms with van der Waals surface area (Å²) < 4.78 is 50.9. The maximum Gasteiger partial charge on any atom is 0.490 e. The van der Waals surface area contributed by atoms with Crippen LogP contribution in [0.15, 0.2) is 9.59 Å². The van der Waals surface area contributed by atoms with E-state index in [1.165, 1.54) is 0 Å². The number of nitriles is 1. The fourth-order valence-corrected chi connectivity index (χ4v) is 5.66. The smallest absolute Gasteiger partial charge is 0.387 e. The number of aromatic nitrogens is 2. The molecular weight excluding hydrogens is 507 g/mol. The summed E-state index contributed by atoms with van der Waals surface area (Å²) in [7, 11) is -15.8. The average Bonchev–Trinajstić information content (AvgIpc) is 2.88. The van der Waals surface area contributed by atoms with Crippen molar-refractivity contribution in [1.82, 2.24) is 9.55 Å². The summed E-state index contributed by atoms with van der Waals surface area (Å²) in [5.74, 6) is 0. The maximum absolute atomic E-state index is 12.1. The number of ether oxygens (including phenoxy) is 1. The molecule has 18 nitrogen and oxygen atoms in total. The van der Waals surface area contributed by atoms with Crippen LogP contribution in [0.1, 0.15) is 17.4 Å². The van der Waals surface area contributed by atoms with E-state index in [4.69, 9.17) is 19.4 Å². The summed E-state index contributed by atoms with van der Waals surface area (Å²) in [5, 5.41) is 29.5. The zero-order valence-electron chi connectivity index (χ0n) is 15.6. The second-order valence-electron chi connectivity index (χ2n) is 6.16. The van der Waals surface area contributed by atoms with Gasteiger partial charge in [-0.05, 0) is 0 Å². The van der Waals surface area contributed by atoms with Gasteiger partial charge in [0.05, 0.1) is 12.2 Å². The third-order valence-corrected chi connectivity index (χ3v) is 7.73. The number of hydrogen-bond donors (Lipinski definition) is 7.